The number of aliphatic hydroxyl groups is 1. The Morgan fingerprint density at radius 2 is 1.67 bits per heavy atom. The first-order valence-corrected chi connectivity index (χ1v) is 10.2. The number of Topliss-reactive ketones (excluding diaryl/α,β-unsaturated/α-hetero) is 1. The topological polar surface area (TPSA) is 98.4 Å². The van der Waals surface area contributed by atoms with Gasteiger partial charge in [0.25, 0.3) is 11.7 Å². The van der Waals surface area contributed by atoms with Gasteiger partial charge in [-0.15, -0.1) is 0 Å². The van der Waals surface area contributed by atoms with Crippen LogP contribution in [0.1, 0.15) is 22.9 Å². The van der Waals surface area contributed by atoms with E-state index in [1.54, 1.807) is 54.6 Å². The maximum absolute atomic E-state index is 13.2. The molecule has 3 aromatic rings. The van der Waals surface area contributed by atoms with E-state index < -0.39 is 17.7 Å². The minimum atomic E-state index is -0.905. The van der Waals surface area contributed by atoms with Crippen molar-refractivity contribution in [3.05, 3.63) is 83.3 Å². The van der Waals surface area contributed by atoms with Gasteiger partial charge in [0.2, 0.25) is 0 Å². The van der Waals surface area contributed by atoms with Gasteiger partial charge in [-0.05, 0) is 48.5 Å². The quantitative estimate of drug-likeness (QED) is 0.332. The highest BCUT2D eigenvalue weighted by molar-refractivity contribution is 6.46. The number of aliphatic hydroxyl groups excluding tert-OH is 1. The van der Waals surface area contributed by atoms with Crippen LogP contribution >= 0.6 is 0 Å². The summed E-state index contributed by atoms with van der Waals surface area (Å²) in [5.74, 6) is 0.222. The van der Waals surface area contributed by atoms with Crippen LogP contribution in [0.5, 0.6) is 17.2 Å². The lowest BCUT2D eigenvalue weighted by Gasteiger charge is -2.26. The number of likely N-dealkylation sites (tertiary alicyclic amines) is 1. The molecule has 0 aliphatic carbocycles. The lowest BCUT2D eigenvalue weighted by molar-refractivity contribution is -0.140. The molecule has 170 valence electrons. The molecule has 0 bridgehead atoms. The van der Waals surface area contributed by atoms with Crippen LogP contribution in [0.15, 0.2) is 70.9 Å². The Morgan fingerprint density at radius 3 is 2.27 bits per heavy atom. The largest absolute Gasteiger partial charge is 0.507 e. The van der Waals surface area contributed by atoms with Gasteiger partial charge in [-0.1, -0.05) is 0 Å². The van der Waals surface area contributed by atoms with E-state index in [0.29, 0.717) is 34.1 Å². The average molecular weight is 449 g/mol. The molecular formula is C25H23NO7. The molecule has 33 heavy (non-hydrogen) atoms. The number of hydrogen-bond acceptors (Lipinski definition) is 7. The van der Waals surface area contributed by atoms with E-state index in [4.69, 9.17) is 18.6 Å². The van der Waals surface area contributed by atoms with E-state index in [1.807, 2.05) is 0 Å². The second kappa shape index (κ2) is 9.12. The number of ether oxygens (including phenoxy) is 3. The van der Waals surface area contributed by atoms with Gasteiger partial charge >= 0.3 is 0 Å². The SMILES string of the molecule is COc1ccc(C(O)=C2C(=O)C(=O)N(Cc3ccco3)[C@H]2c2ccc(OC)cc2OC)cc1. The predicted octanol–water partition coefficient (Wildman–Crippen LogP) is 3.93. The number of furan rings is 1. The van der Waals surface area contributed by atoms with E-state index >= 15 is 0 Å². The highest BCUT2D eigenvalue weighted by Gasteiger charge is 2.47. The van der Waals surface area contributed by atoms with Crippen molar-refractivity contribution in [2.75, 3.05) is 21.3 Å². The molecule has 1 saturated heterocycles. The van der Waals surface area contributed by atoms with E-state index in [1.165, 1.54) is 32.5 Å². The van der Waals surface area contributed by atoms with E-state index in [-0.39, 0.29) is 17.9 Å². The summed E-state index contributed by atoms with van der Waals surface area (Å²) in [6.45, 7) is 0.0385. The van der Waals surface area contributed by atoms with E-state index in [9.17, 15) is 14.7 Å². The number of carbonyl (C=O) groups excluding carboxylic acids is 2. The molecule has 8 nitrogen and oxygen atoms in total. The number of benzene rings is 2. The van der Waals surface area contributed by atoms with Crippen molar-refractivity contribution < 1.29 is 33.3 Å². The van der Waals surface area contributed by atoms with Crippen molar-refractivity contribution in [2.24, 2.45) is 0 Å². The van der Waals surface area contributed by atoms with Crippen LogP contribution in [0.4, 0.5) is 0 Å². The summed E-state index contributed by atoms with van der Waals surface area (Å²) in [7, 11) is 4.55. The number of rotatable bonds is 7. The van der Waals surface area contributed by atoms with Crippen molar-refractivity contribution in [3.8, 4) is 17.2 Å². The van der Waals surface area contributed by atoms with Gasteiger partial charge in [0.1, 0.15) is 28.8 Å². The van der Waals surface area contributed by atoms with Crippen LogP contribution < -0.4 is 14.2 Å². The van der Waals surface area contributed by atoms with Crippen molar-refractivity contribution in [1.82, 2.24) is 4.90 Å². The Balaban J connectivity index is 1.90. The molecule has 1 fully saturated rings. The molecule has 2 aromatic carbocycles. The lowest BCUT2D eigenvalue weighted by atomic mass is 9.94. The average Bonchev–Trinajstić information content (AvgIpc) is 3.45. The first kappa shape index (κ1) is 22.0. The summed E-state index contributed by atoms with van der Waals surface area (Å²) in [4.78, 5) is 27.6. The van der Waals surface area contributed by atoms with Crippen LogP contribution in [0.3, 0.4) is 0 Å². The summed E-state index contributed by atoms with van der Waals surface area (Å²) < 4.78 is 21.4. The highest BCUT2D eigenvalue weighted by Crippen LogP contribution is 2.44. The maximum Gasteiger partial charge on any atom is 0.296 e. The number of nitrogens with zero attached hydrogens (tertiary/aromatic N) is 1. The van der Waals surface area contributed by atoms with Crippen LogP contribution in [0.25, 0.3) is 5.76 Å². The lowest BCUT2D eigenvalue weighted by Crippen LogP contribution is -2.29. The first-order chi connectivity index (χ1) is 16.0. The third-order valence-corrected chi connectivity index (χ3v) is 5.54. The molecule has 0 spiro atoms. The zero-order chi connectivity index (χ0) is 23.5. The van der Waals surface area contributed by atoms with E-state index in [2.05, 4.69) is 0 Å². The molecule has 8 heteroatoms. The fourth-order valence-electron chi connectivity index (χ4n) is 3.89. The Hall–Kier alpha value is -4.20. The third-order valence-electron chi connectivity index (χ3n) is 5.54. The fraction of sp³-hybridized carbons (Fsp3) is 0.200. The maximum atomic E-state index is 13.2. The Bertz CT molecular complexity index is 1200. The third kappa shape index (κ3) is 4.03. The highest BCUT2D eigenvalue weighted by atomic mass is 16.5. The van der Waals surface area contributed by atoms with Gasteiger partial charge in [-0.3, -0.25) is 9.59 Å². The molecule has 0 unspecified atom stereocenters. The second-order valence-corrected chi connectivity index (χ2v) is 7.34. The van der Waals surface area contributed by atoms with Gasteiger partial charge in [0.15, 0.2) is 0 Å². The van der Waals surface area contributed by atoms with Crippen LogP contribution in [-0.2, 0) is 16.1 Å². The molecule has 0 saturated carbocycles. The Morgan fingerprint density at radius 1 is 0.970 bits per heavy atom. The fourth-order valence-corrected chi connectivity index (χ4v) is 3.89. The molecule has 4 rings (SSSR count). The van der Waals surface area contributed by atoms with Crippen molar-refractivity contribution >= 4 is 17.4 Å². The summed E-state index contributed by atoms with van der Waals surface area (Å²) in [6.07, 6.45) is 1.49. The minimum Gasteiger partial charge on any atom is -0.507 e. The standard InChI is InChI=1S/C25H23NO7/c1-30-16-8-6-15(7-9-16)23(27)21-22(19-11-10-17(31-2)13-20(19)32-3)26(25(29)24(21)28)14-18-5-4-12-33-18/h4-13,22,27H,14H2,1-3H3/t22-/m0/s1. The molecule has 1 N–H and O–H groups in total. The van der Waals surface area contributed by atoms with Crippen molar-refractivity contribution in [1.29, 1.82) is 0 Å². The zero-order valence-corrected chi connectivity index (χ0v) is 18.4. The molecule has 1 atom stereocenters. The summed E-state index contributed by atoms with van der Waals surface area (Å²) in [5, 5.41) is 11.2. The summed E-state index contributed by atoms with van der Waals surface area (Å²) >= 11 is 0. The Kier molecular flexibility index (Phi) is 6.08. The number of carbonyl (C=O) groups is 2. The predicted molar refractivity (Wildman–Crippen MR) is 119 cm³/mol. The first-order valence-electron chi connectivity index (χ1n) is 10.2. The van der Waals surface area contributed by atoms with Crippen LogP contribution in [0.2, 0.25) is 0 Å². The van der Waals surface area contributed by atoms with Crippen LogP contribution in [0, 0.1) is 0 Å². The number of amides is 1. The summed E-state index contributed by atoms with van der Waals surface area (Å²) in [5.41, 5.74) is 0.864. The van der Waals surface area contributed by atoms with Gasteiger partial charge in [-0.2, -0.15) is 0 Å². The van der Waals surface area contributed by atoms with Crippen molar-refractivity contribution in [3.63, 3.8) is 0 Å². The van der Waals surface area contributed by atoms with E-state index in [0.717, 1.165) is 0 Å². The number of hydrogen-bond donors (Lipinski definition) is 1. The number of ketones is 1. The molecule has 2 heterocycles. The second-order valence-electron chi connectivity index (χ2n) is 7.34. The minimum absolute atomic E-state index is 0.0385. The monoisotopic (exact) mass is 449 g/mol. The zero-order valence-electron chi connectivity index (χ0n) is 18.4. The van der Waals surface area contributed by atoms with Gasteiger partial charge < -0.3 is 28.6 Å². The normalized spacial score (nSPS) is 17.3. The molecular weight excluding hydrogens is 426 g/mol. The summed E-state index contributed by atoms with van der Waals surface area (Å²) in [6, 6.07) is 14.2. The van der Waals surface area contributed by atoms with Gasteiger partial charge in [-0.25, -0.2) is 0 Å². The van der Waals surface area contributed by atoms with Gasteiger partial charge in [0, 0.05) is 17.2 Å². The van der Waals surface area contributed by atoms with Crippen molar-refractivity contribution in [2.45, 2.75) is 12.6 Å². The molecule has 0 radical (unpaired) electrons. The number of methoxy groups -OCH3 is 3. The smallest absolute Gasteiger partial charge is 0.296 e. The molecule has 1 aliphatic rings. The van der Waals surface area contributed by atoms with Gasteiger partial charge in [0.05, 0.1) is 45.8 Å². The molecule has 1 aliphatic heterocycles. The molecule has 1 aromatic heterocycles. The Labute approximate surface area is 190 Å². The molecule has 1 amide bonds. The van der Waals surface area contributed by atoms with Crippen LogP contribution in [-0.4, -0.2) is 43.0 Å².